The molecule has 0 aliphatic rings. The zero-order valence-electron chi connectivity index (χ0n) is 17.9. The Morgan fingerprint density at radius 2 is 1.73 bits per heavy atom. The summed E-state index contributed by atoms with van der Waals surface area (Å²) in [5, 5.41) is 11.4. The monoisotopic (exact) mass is 412 g/mol. The molecule has 0 radical (unpaired) electrons. The molecule has 160 valence electrons. The Bertz CT molecular complexity index is 941. The van der Waals surface area contributed by atoms with Gasteiger partial charge < -0.3 is 26.0 Å². The molecular formula is C22H28N4O4. The van der Waals surface area contributed by atoms with Crippen LogP contribution < -0.4 is 26.0 Å². The summed E-state index contributed by atoms with van der Waals surface area (Å²) < 4.78 is 5.27. The average Bonchev–Trinajstić information content (AvgIpc) is 2.66. The second-order valence-electron chi connectivity index (χ2n) is 7.16. The Kier molecular flexibility index (Phi) is 7.80. The summed E-state index contributed by atoms with van der Waals surface area (Å²) in [5.74, 6) is -0.146. The van der Waals surface area contributed by atoms with Gasteiger partial charge in [-0.2, -0.15) is 0 Å². The minimum Gasteiger partial charge on any atom is -0.495 e. The SMILES string of the molecule is COc1ccc(NC(C)=O)cc1NC(=O)CNc1ccc(C(=O)NC(C)C)cc1C. The smallest absolute Gasteiger partial charge is 0.251 e. The van der Waals surface area contributed by atoms with Gasteiger partial charge in [0.2, 0.25) is 11.8 Å². The van der Waals surface area contributed by atoms with Gasteiger partial charge in [0.1, 0.15) is 5.75 Å². The van der Waals surface area contributed by atoms with Crippen molar-refractivity contribution in [3.05, 3.63) is 47.5 Å². The van der Waals surface area contributed by atoms with E-state index in [1.165, 1.54) is 14.0 Å². The number of aryl methyl sites for hydroxylation is 1. The largest absolute Gasteiger partial charge is 0.495 e. The molecule has 0 saturated carbocycles. The fraction of sp³-hybridized carbons (Fsp3) is 0.318. The molecule has 2 aromatic carbocycles. The van der Waals surface area contributed by atoms with Crippen LogP contribution in [0, 0.1) is 6.92 Å². The number of anilines is 3. The highest BCUT2D eigenvalue weighted by Crippen LogP contribution is 2.28. The van der Waals surface area contributed by atoms with Gasteiger partial charge in [0.25, 0.3) is 5.91 Å². The number of benzene rings is 2. The number of ether oxygens (including phenoxy) is 1. The molecule has 2 aromatic rings. The summed E-state index contributed by atoms with van der Waals surface area (Å²) in [7, 11) is 1.50. The molecule has 4 N–H and O–H groups in total. The fourth-order valence-corrected chi connectivity index (χ4v) is 2.81. The van der Waals surface area contributed by atoms with Crippen molar-refractivity contribution in [2.75, 3.05) is 29.6 Å². The van der Waals surface area contributed by atoms with E-state index in [4.69, 9.17) is 4.74 Å². The summed E-state index contributed by atoms with van der Waals surface area (Å²) in [5.41, 5.74) is 3.18. The molecule has 0 heterocycles. The Morgan fingerprint density at radius 3 is 2.33 bits per heavy atom. The molecule has 8 heteroatoms. The van der Waals surface area contributed by atoms with Gasteiger partial charge in [-0.15, -0.1) is 0 Å². The van der Waals surface area contributed by atoms with Gasteiger partial charge in [0, 0.05) is 29.9 Å². The van der Waals surface area contributed by atoms with Crippen molar-refractivity contribution < 1.29 is 19.1 Å². The van der Waals surface area contributed by atoms with E-state index in [9.17, 15) is 14.4 Å². The second kappa shape index (κ2) is 10.3. The minimum atomic E-state index is -0.283. The first-order valence-corrected chi connectivity index (χ1v) is 9.60. The fourth-order valence-electron chi connectivity index (χ4n) is 2.81. The Labute approximate surface area is 176 Å². The van der Waals surface area contributed by atoms with Crippen molar-refractivity contribution in [1.29, 1.82) is 0 Å². The standard InChI is InChI=1S/C22H28N4O4/c1-13(2)24-22(29)16-6-8-18(14(3)10-16)23-12-21(28)26-19-11-17(25-15(4)27)7-9-20(19)30-5/h6-11,13,23H,12H2,1-5H3,(H,24,29)(H,25,27)(H,26,28). The average molecular weight is 412 g/mol. The van der Waals surface area contributed by atoms with Crippen molar-refractivity contribution >= 4 is 34.8 Å². The lowest BCUT2D eigenvalue weighted by Gasteiger charge is -2.14. The molecule has 3 amide bonds. The normalized spacial score (nSPS) is 10.3. The van der Waals surface area contributed by atoms with Crippen LogP contribution in [0.1, 0.15) is 36.7 Å². The first-order chi connectivity index (χ1) is 14.2. The third-order valence-corrected chi connectivity index (χ3v) is 4.14. The van der Waals surface area contributed by atoms with Crippen LogP contribution in [0.2, 0.25) is 0 Å². The molecular weight excluding hydrogens is 384 g/mol. The number of amides is 3. The maximum absolute atomic E-state index is 12.4. The maximum Gasteiger partial charge on any atom is 0.251 e. The molecule has 0 saturated heterocycles. The summed E-state index contributed by atoms with van der Waals surface area (Å²) in [6.07, 6.45) is 0. The lowest BCUT2D eigenvalue weighted by Crippen LogP contribution is -2.30. The van der Waals surface area contributed by atoms with Crippen molar-refractivity contribution in [2.24, 2.45) is 0 Å². The molecule has 0 spiro atoms. The topological polar surface area (TPSA) is 109 Å². The predicted octanol–water partition coefficient (Wildman–Crippen LogP) is 3.15. The number of hydrogen-bond acceptors (Lipinski definition) is 5. The van der Waals surface area contributed by atoms with Crippen molar-refractivity contribution in [3.8, 4) is 5.75 Å². The van der Waals surface area contributed by atoms with E-state index in [2.05, 4.69) is 21.3 Å². The van der Waals surface area contributed by atoms with Gasteiger partial charge in [-0.3, -0.25) is 14.4 Å². The van der Waals surface area contributed by atoms with Crippen LogP contribution in [0.25, 0.3) is 0 Å². The number of carbonyl (C=O) groups excluding carboxylic acids is 3. The summed E-state index contributed by atoms with van der Waals surface area (Å²) in [6, 6.07) is 10.3. The molecule has 8 nitrogen and oxygen atoms in total. The zero-order chi connectivity index (χ0) is 22.3. The van der Waals surface area contributed by atoms with Crippen LogP contribution in [0.5, 0.6) is 5.75 Å². The molecule has 0 aromatic heterocycles. The van der Waals surface area contributed by atoms with Gasteiger partial charge in [-0.25, -0.2) is 0 Å². The molecule has 0 bridgehead atoms. The van der Waals surface area contributed by atoms with Gasteiger partial charge in [-0.05, 0) is 62.7 Å². The van der Waals surface area contributed by atoms with Gasteiger partial charge >= 0.3 is 0 Å². The Balaban J connectivity index is 2.02. The molecule has 0 aliphatic carbocycles. The van der Waals surface area contributed by atoms with Crippen LogP contribution in [-0.2, 0) is 9.59 Å². The third kappa shape index (κ3) is 6.51. The van der Waals surface area contributed by atoms with E-state index in [1.807, 2.05) is 20.8 Å². The van der Waals surface area contributed by atoms with Gasteiger partial charge in [-0.1, -0.05) is 0 Å². The number of carbonyl (C=O) groups is 3. The maximum atomic E-state index is 12.4. The van der Waals surface area contributed by atoms with Crippen LogP contribution in [0.15, 0.2) is 36.4 Å². The van der Waals surface area contributed by atoms with E-state index < -0.39 is 0 Å². The first kappa shape index (κ1) is 22.7. The minimum absolute atomic E-state index is 0.0197. The van der Waals surface area contributed by atoms with E-state index >= 15 is 0 Å². The first-order valence-electron chi connectivity index (χ1n) is 9.60. The molecule has 2 rings (SSSR count). The predicted molar refractivity (Wildman–Crippen MR) is 118 cm³/mol. The molecule has 0 aliphatic heterocycles. The highest BCUT2D eigenvalue weighted by Gasteiger charge is 2.12. The van der Waals surface area contributed by atoms with Crippen molar-refractivity contribution in [2.45, 2.75) is 33.7 Å². The van der Waals surface area contributed by atoms with Crippen LogP contribution >= 0.6 is 0 Å². The second-order valence-corrected chi connectivity index (χ2v) is 7.16. The lowest BCUT2D eigenvalue weighted by molar-refractivity contribution is -0.115. The zero-order valence-corrected chi connectivity index (χ0v) is 17.9. The Morgan fingerprint density at radius 1 is 1.00 bits per heavy atom. The number of hydrogen-bond donors (Lipinski definition) is 4. The van der Waals surface area contributed by atoms with E-state index in [0.717, 1.165) is 11.3 Å². The molecule has 30 heavy (non-hydrogen) atoms. The molecule has 0 atom stereocenters. The number of methoxy groups -OCH3 is 1. The van der Waals surface area contributed by atoms with Crippen molar-refractivity contribution in [1.82, 2.24) is 5.32 Å². The van der Waals surface area contributed by atoms with Gasteiger partial charge in [0.15, 0.2) is 0 Å². The van der Waals surface area contributed by atoms with E-state index in [-0.39, 0.29) is 30.3 Å². The third-order valence-electron chi connectivity index (χ3n) is 4.14. The summed E-state index contributed by atoms with van der Waals surface area (Å²) in [4.78, 5) is 35.8. The number of rotatable bonds is 8. The quantitative estimate of drug-likeness (QED) is 0.533. The van der Waals surface area contributed by atoms with Gasteiger partial charge in [0.05, 0.1) is 19.3 Å². The van der Waals surface area contributed by atoms with Crippen molar-refractivity contribution in [3.63, 3.8) is 0 Å². The molecule has 0 fully saturated rings. The van der Waals surface area contributed by atoms with Crippen LogP contribution in [0.4, 0.5) is 17.1 Å². The highest BCUT2D eigenvalue weighted by molar-refractivity contribution is 5.97. The number of nitrogens with one attached hydrogen (secondary N) is 4. The summed E-state index contributed by atoms with van der Waals surface area (Å²) >= 11 is 0. The molecule has 0 unspecified atom stereocenters. The summed E-state index contributed by atoms with van der Waals surface area (Å²) in [6.45, 7) is 7.10. The highest BCUT2D eigenvalue weighted by atomic mass is 16.5. The Hall–Kier alpha value is -3.55. The van der Waals surface area contributed by atoms with E-state index in [0.29, 0.717) is 22.7 Å². The van der Waals surface area contributed by atoms with Crippen LogP contribution in [0.3, 0.4) is 0 Å². The van der Waals surface area contributed by atoms with Crippen LogP contribution in [-0.4, -0.2) is 37.4 Å². The lowest BCUT2D eigenvalue weighted by atomic mass is 10.1. The van der Waals surface area contributed by atoms with E-state index in [1.54, 1.807) is 36.4 Å².